The molecule has 0 atom stereocenters. The van der Waals surface area contributed by atoms with Crippen LogP contribution in [0.15, 0.2) is 28.8 Å². The molecule has 26 heavy (non-hydrogen) atoms. The van der Waals surface area contributed by atoms with Crippen LogP contribution >= 0.6 is 0 Å². The molecule has 0 radical (unpaired) electrons. The van der Waals surface area contributed by atoms with Gasteiger partial charge in [0.15, 0.2) is 5.82 Å². The molecule has 8 heteroatoms. The second-order valence-corrected chi connectivity index (χ2v) is 6.70. The smallest absolute Gasteiger partial charge is 0.343 e. The maximum Gasteiger partial charge on any atom is 0.416 e. The van der Waals surface area contributed by atoms with Crippen molar-refractivity contribution in [3.63, 3.8) is 0 Å². The third-order valence-electron chi connectivity index (χ3n) is 4.69. The van der Waals surface area contributed by atoms with E-state index < -0.39 is 17.3 Å². The van der Waals surface area contributed by atoms with Gasteiger partial charge in [-0.05, 0) is 30.5 Å². The Hall–Kier alpha value is -2.38. The number of rotatable bonds is 4. The lowest BCUT2D eigenvalue weighted by molar-refractivity contribution is -0.137. The van der Waals surface area contributed by atoms with Crippen molar-refractivity contribution < 1.29 is 22.5 Å². The number of carbonyl (C=O) groups is 1. The average molecular weight is 367 g/mol. The van der Waals surface area contributed by atoms with E-state index in [-0.39, 0.29) is 12.3 Å². The van der Waals surface area contributed by atoms with Crippen LogP contribution in [-0.4, -0.2) is 16.0 Å². The zero-order valence-electron chi connectivity index (χ0n) is 14.4. The van der Waals surface area contributed by atoms with Crippen LogP contribution in [0.3, 0.4) is 0 Å². The lowest BCUT2D eigenvalue weighted by Gasteiger charge is -2.35. The first-order chi connectivity index (χ1) is 12.3. The minimum absolute atomic E-state index is 0.00325. The minimum atomic E-state index is -4.39. The summed E-state index contributed by atoms with van der Waals surface area (Å²) in [5.74, 6) is 0.631. The Morgan fingerprint density at radius 3 is 2.38 bits per heavy atom. The molecule has 0 bridgehead atoms. The lowest BCUT2D eigenvalue weighted by Crippen LogP contribution is -2.48. The van der Waals surface area contributed by atoms with Crippen molar-refractivity contribution >= 4 is 5.91 Å². The molecule has 0 saturated heterocycles. The summed E-state index contributed by atoms with van der Waals surface area (Å²) in [6, 6.07) is 4.63. The highest BCUT2D eigenvalue weighted by molar-refractivity contribution is 5.79. The van der Waals surface area contributed by atoms with Crippen LogP contribution in [0.2, 0.25) is 0 Å². The third-order valence-corrected chi connectivity index (χ3v) is 4.69. The quantitative estimate of drug-likeness (QED) is 0.890. The number of alkyl halides is 3. The number of amides is 1. The molecule has 1 amide bonds. The molecule has 1 aliphatic carbocycles. The van der Waals surface area contributed by atoms with Crippen molar-refractivity contribution in [3.05, 3.63) is 47.1 Å². The largest absolute Gasteiger partial charge is 0.416 e. The predicted octanol–water partition coefficient (Wildman–Crippen LogP) is 3.92. The molecule has 3 rings (SSSR count). The lowest BCUT2D eigenvalue weighted by atomic mass is 9.80. The molecule has 1 N–H and O–H groups in total. The van der Waals surface area contributed by atoms with E-state index in [4.69, 9.17) is 4.52 Å². The normalized spacial score (nSPS) is 17.1. The van der Waals surface area contributed by atoms with Gasteiger partial charge in [-0.3, -0.25) is 4.79 Å². The first-order valence-corrected chi connectivity index (χ1v) is 8.56. The summed E-state index contributed by atoms with van der Waals surface area (Å²) in [5.41, 5.74) is -0.877. The molecule has 1 aromatic carbocycles. The Balaban J connectivity index is 1.72. The highest BCUT2D eigenvalue weighted by Crippen LogP contribution is 2.36. The maximum absolute atomic E-state index is 12.6. The van der Waals surface area contributed by atoms with Gasteiger partial charge in [-0.15, -0.1) is 0 Å². The molecule has 1 aliphatic rings. The van der Waals surface area contributed by atoms with Crippen LogP contribution in [0.1, 0.15) is 54.9 Å². The first-order valence-electron chi connectivity index (χ1n) is 8.56. The van der Waals surface area contributed by atoms with Gasteiger partial charge in [0, 0.05) is 6.92 Å². The van der Waals surface area contributed by atoms with E-state index in [1.807, 2.05) is 0 Å². The van der Waals surface area contributed by atoms with Crippen LogP contribution in [0.25, 0.3) is 0 Å². The monoisotopic (exact) mass is 367 g/mol. The van der Waals surface area contributed by atoms with E-state index in [2.05, 4.69) is 15.5 Å². The Morgan fingerprint density at radius 2 is 1.85 bits per heavy atom. The summed E-state index contributed by atoms with van der Waals surface area (Å²) in [6.07, 6.45) is -0.00868. The predicted molar refractivity (Wildman–Crippen MR) is 87.1 cm³/mol. The SMILES string of the molecule is Cc1nc(C2(NC(=O)Cc3ccc(C(F)(F)F)cc3)CCCCC2)no1. The zero-order chi connectivity index (χ0) is 18.8. The third kappa shape index (κ3) is 4.05. The van der Waals surface area contributed by atoms with Crippen LogP contribution in [0, 0.1) is 6.92 Å². The van der Waals surface area contributed by atoms with Gasteiger partial charge in [0.1, 0.15) is 5.54 Å². The number of nitrogens with zero attached hydrogens (tertiary/aromatic N) is 2. The number of aryl methyl sites for hydroxylation is 1. The van der Waals surface area contributed by atoms with Gasteiger partial charge in [0.2, 0.25) is 11.8 Å². The number of hydrogen-bond donors (Lipinski definition) is 1. The molecule has 0 unspecified atom stereocenters. The number of halogens is 3. The first kappa shape index (κ1) is 18.4. The topological polar surface area (TPSA) is 68.0 Å². The molecule has 1 aromatic heterocycles. The van der Waals surface area contributed by atoms with Gasteiger partial charge in [0.25, 0.3) is 0 Å². The van der Waals surface area contributed by atoms with E-state index in [1.165, 1.54) is 12.1 Å². The van der Waals surface area contributed by atoms with Crippen molar-refractivity contribution in [3.8, 4) is 0 Å². The Morgan fingerprint density at radius 1 is 1.19 bits per heavy atom. The fourth-order valence-electron chi connectivity index (χ4n) is 3.36. The second kappa shape index (κ2) is 7.09. The van der Waals surface area contributed by atoms with Gasteiger partial charge >= 0.3 is 6.18 Å². The van der Waals surface area contributed by atoms with Crippen molar-refractivity contribution in [2.75, 3.05) is 0 Å². The highest BCUT2D eigenvalue weighted by atomic mass is 19.4. The molecular weight excluding hydrogens is 347 g/mol. The summed E-state index contributed by atoms with van der Waals surface area (Å²) < 4.78 is 43.0. The van der Waals surface area contributed by atoms with Crippen molar-refractivity contribution in [1.82, 2.24) is 15.5 Å². The van der Waals surface area contributed by atoms with E-state index in [9.17, 15) is 18.0 Å². The molecule has 5 nitrogen and oxygen atoms in total. The Bertz CT molecular complexity index is 763. The summed E-state index contributed by atoms with van der Waals surface area (Å²) >= 11 is 0. The Labute approximate surface area is 149 Å². The van der Waals surface area contributed by atoms with E-state index in [1.54, 1.807) is 6.92 Å². The number of benzene rings is 1. The number of nitrogens with one attached hydrogen (secondary N) is 1. The molecule has 140 valence electrons. The number of aromatic nitrogens is 2. The van der Waals surface area contributed by atoms with Crippen molar-refractivity contribution in [1.29, 1.82) is 0 Å². The molecule has 1 heterocycles. The van der Waals surface area contributed by atoms with E-state index in [0.29, 0.717) is 30.1 Å². The molecule has 0 aliphatic heterocycles. The average Bonchev–Trinajstić information content (AvgIpc) is 3.02. The summed E-state index contributed by atoms with van der Waals surface area (Å²) in [6.45, 7) is 1.69. The van der Waals surface area contributed by atoms with Gasteiger partial charge in [0.05, 0.1) is 12.0 Å². The highest BCUT2D eigenvalue weighted by Gasteiger charge is 2.39. The molecular formula is C18H20F3N3O2. The van der Waals surface area contributed by atoms with Gasteiger partial charge in [-0.1, -0.05) is 36.6 Å². The van der Waals surface area contributed by atoms with Crippen molar-refractivity contribution in [2.45, 2.75) is 57.2 Å². The van der Waals surface area contributed by atoms with Crippen LogP contribution < -0.4 is 5.32 Å². The fourth-order valence-corrected chi connectivity index (χ4v) is 3.36. The number of carbonyl (C=O) groups excluding carboxylic acids is 1. The van der Waals surface area contributed by atoms with E-state index in [0.717, 1.165) is 31.4 Å². The molecule has 1 fully saturated rings. The van der Waals surface area contributed by atoms with Gasteiger partial charge in [-0.2, -0.15) is 18.2 Å². The fraction of sp³-hybridized carbons (Fsp3) is 0.500. The molecule has 0 spiro atoms. The van der Waals surface area contributed by atoms with Gasteiger partial charge in [-0.25, -0.2) is 0 Å². The molecule has 2 aromatic rings. The maximum atomic E-state index is 12.6. The van der Waals surface area contributed by atoms with E-state index >= 15 is 0 Å². The summed E-state index contributed by atoms with van der Waals surface area (Å²) in [4.78, 5) is 16.8. The van der Waals surface area contributed by atoms with Crippen LogP contribution in [-0.2, 0) is 22.9 Å². The minimum Gasteiger partial charge on any atom is -0.343 e. The standard InChI is InChI=1S/C18H20F3N3O2/c1-12-22-16(24-26-12)17(9-3-2-4-10-17)23-15(25)11-13-5-7-14(8-6-13)18(19,20)21/h5-8H,2-4,9-11H2,1H3,(H,23,25). The summed E-state index contributed by atoms with van der Waals surface area (Å²) in [7, 11) is 0. The van der Waals surface area contributed by atoms with Crippen LogP contribution in [0.4, 0.5) is 13.2 Å². The van der Waals surface area contributed by atoms with Crippen LogP contribution in [0.5, 0.6) is 0 Å². The zero-order valence-corrected chi connectivity index (χ0v) is 14.4. The second-order valence-electron chi connectivity index (χ2n) is 6.70. The number of hydrogen-bond acceptors (Lipinski definition) is 4. The summed E-state index contributed by atoms with van der Waals surface area (Å²) in [5, 5.41) is 6.99. The Kier molecular flexibility index (Phi) is 5.02. The van der Waals surface area contributed by atoms with Crippen molar-refractivity contribution in [2.24, 2.45) is 0 Å². The molecule has 1 saturated carbocycles. The van der Waals surface area contributed by atoms with Gasteiger partial charge < -0.3 is 9.84 Å².